The molecule has 0 aromatic heterocycles. The average molecular weight is 505 g/mol. The van der Waals surface area contributed by atoms with Crippen LogP contribution in [0.25, 0.3) is 0 Å². The summed E-state index contributed by atoms with van der Waals surface area (Å²) in [7, 11) is 0. The smallest absolute Gasteiger partial charge is 0.436 e. The van der Waals surface area contributed by atoms with Crippen molar-refractivity contribution in [3.05, 3.63) is 108 Å². The molecule has 194 valence electrons. The van der Waals surface area contributed by atoms with Gasteiger partial charge in [-0.25, -0.2) is 9.59 Å². The number of unbranched alkanes of at least 4 members (excludes halogenated alkanes) is 1. The van der Waals surface area contributed by atoms with Gasteiger partial charge >= 0.3 is 12.2 Å². The van der Waals surface area contributed by atoms with E-state index in [1.165, 1.54) is 0 Å². The van der Waals surface area contributed by atoms with E-state index >= 15 is 0 Å². The van der Waals surface area contributed by atoms with Gasteiger partial charge < -0.3 is 9.47 Å². The third kappa shape index (κ3) is 6.28. The lowest BCUT2D eigenvalue weighted by atomic mass is 9.93. The molecule has 37 heavy (non-hydrogen) atoms. The van der Waals surface area contributed by atoms with Gasteiger partial charge in [0.25, 0.3) is 0 Å². The molecule has 3 aromatic carbocycles. The molecule has 1 N–H and O–H groups in total. The summed E-state index contributed by atoms with van der Waals surface area (Å²) in [5, 5.41) is 12.8. The maximum absolute atomic E-state index is 13.4. The number of rotatable bonds is 9. The van der Waals surface area contributed by atoms with Crippen LogP contribution < -0.4 is 0 Å². The number of ether oxygens (including phenoxy) is 2. The first-order valence-electron chi connectivity index (χ1n) is 12.5. The third-order valence-corrected chi connectivity index (χ3v) is 6.37. The lowest BCUT2D eigenvalue weighted by Crippen LogP contribution is -2.59. The summed E-state index contributed by atoms with van der Waals surface area (Å²) in [6.45, 7) is 1.98. The molecule has 2 amide bonds. The highest BCUT2D eigenvalue weighted by molar-refractivity contribution is 5.71. The van der Waals surface area contributed by atoms with Crippen molar-refractivity contribution in [3.63, 3.8) is 0 Å². The number of carbonyl (C=O) groups is 2. The first kappa shape index (κ1) is 26.2. The number of nitrogens with zero attached hydrogens (tertiary/aromatic N) is 2. The van der Waals surface area contributed by atoms with Crippen molar-refractivity contribution in [2.45, 2.75) is 57.6 Å². The van der Waals surface area contributed by atoms with Crippen molar-refractivity contribution < 1.29 is 29.1 Å². The highest BCUT2D eigenvalue weighted by Gasteiger charge is 2.57. The number of carbonyl (C=O) groups excluding carboxylic acids is 2. The minimum Gasteiger partial charge on any atom is -0.443 e. The molecule has 8 heteroatoms. The highest BCUT2D eigenvalue weighted by Crippen LogP contribution is 2.45. The Balaban J connectivity index is 1.60. The van der Waals surface area contributed by atoms with E-state index in [0.29, 0.717) is 11.5 Å². The van der Waals surface area contributed by atoms with Crippen molar-refractivity contribution in [1.82, 2.24) is 10.1 Å². The van der Waals surface area contributed by atoms with Crippen LogP contribution in [0.3, 0.4) is 0 Å². The van der Waals surface area contributed by atoms with Crippen LogP contribution >= 0.6 is 0 Å². The fourth-order valence-corrected chi connectivity index (χ4v) is 4.37. The number of hydrogen-bond donors (Lipinski definition) is 1. The second-order valence-corrected chi connectivity index (χ2v) is 8.98. The Bertz CT molecular complexity index is 1140. The van der Waals surface area contributed by atoms with Crippen LogP contribution in [0.2, 0.25) is 0 Å². The van der Waals surface area contributed by atoms with Crippen LogP contribution in [0.4, 0.5) is 9.59 Å². The first-order valence-corrected chi connectivity index (χ1v) is 12.5. The lowest BCUT2D eigenvalue weighted by Gasteiger charge is -2.39. The zero-order chi connectivity index (χ0) is 26.1. The van der Waals surface area contributed by atoms with Gasteiger partial charge in [-0.1, -0.05) is 104 Å². The minimum atomic E-state index is -1.52. The van der Waals surface area contributed by atoms with Gasteiger partial charge in [0.15, 0.2) is 5.66 Å². The fourth-order valence-electron chi connectivity index (χ4n) is 4.37. The zero-order valence-corrected chi connectivity index (χ0v) is 20.9. The molecule has 1 aliphatic heterocycles. The Hall–Kier alpha value is -3.88. The van der Waals surface area contributed by atoms with Gasteiger partial charge in [0.05, 0.1) is 0 Å². The van der Waals surface area contributed by atoms with E-state index in [1.54, 1.807) is 0 Å². The fraction of sp³-hybridized carbons (Fsp3) is 0.310. The molecule has 4 rings (SSSR count). The van der Waals surface area contributed by atoms with E-state index in [9.17, 15) is 14.8 Å². The summed E-state index contributed by atoms with van der Waals surface area (Å²) < 4.78 is 11.0. The largest absolute Gasteiger partial charge is 0.443 e. The summed E-state index contributed by atoms with van der Waals surface area (Å²) in [6, 6.07) is 27.8. The Labute approximate surface area is 216 Å². The van der Waals surface area contributed by atoms with Gasteiger partial charge in [-0.05, 0) is 29.5 Å². The molecular weight excluding hydrogens is 472 g/mol. The lowest BCUT2D eigenvalue weighted by molar-refractivity contribution is -0.258. The van der Waals surface area contributed by atoms with E-state index in [1.807, 2.05) is 97.9 Å². The van der Waals surface area contributed by atoms with Crippen molar-refractivity contribution in [1.29, 1.82) is 0 Å². The normalized spacial score (nSPS) is 18.9. The van der Waals surface area contributed by atoms with E-state index < -0.39 is 24.0 Å². The Morgan fingerprint density at radius 3 is 2.03 bits per heavy atom. The van der Waals surface area contributed by atoms with E-state index in [2.05, 4.69) is 0 Å². The van der Waals surface area contributed by atoms with Crippen LogP contribution in [0.5, 0.6) is 0 Å². The molecule has 1 heterocycles. The monoisotopic (exact) mass is 504 g/mol. The van der Waals surface area contributed by atoms with Crippen LogP contribution in [-0.2, 0) is 27.5 Å². The van der Waals surface area contributed by atoms with E-state index in [0.717, 1.165) is 28.2 Å². The molecule has 1 aliphatic rings. The van der Waals surface area contributed by atoms with Crippen molar-refractivity contribution in [2.75, 3.05) is 0 Å². The summed E-state index contributed by atoms with van der Waals surface area (Å²) in [4.78, 5) is 32.5. The molecule has 1 saturated heterocycles. The van der Waals surface area contributed by atoms with Gasteiger partial charge in [0.2, 0.25) is 0 Å². The van der Waals surface area contributed by atoms with Crippen LogP contribution in [0, 0.1) is 0 Å². The predicted molar refractivity (Wildman–Crippen MR) is 136 cm³/mol. The number of hydroxylamine groups is 4. The second kappa shape index (κ2) is 12.4. The number of benzene rings is 3. The first-order chi connectivity index (χ1) is 18.0. The summed E-state index contributed by atoms with van der Waals surface area (Å²) >= 11 is 0. The molecule has 0 radical (unpaired) electrons. The summed E-state index contributed by atoms with van der Waals surface area (Å²) in [5.74, 6) is 0. The molecule has 0 spiro atoms. The van der Waals surface area contributed by atoms with Gasteiger partial charge in [-0.3, -0.25) is 10.0 Å². The SMILES string of the molecule is CCCCC1(N(O)C(=O)OCc2ccccc2)CC(c2ccccc2)ON1C(=O)OCc1ccccc1. The Kier molecular flexibility index (Phi) is 8.77. The number of hydrogen-bond acceptors (Lipinski definition) is 6. The van der Waals surface area contributed by atoms with Crippen LogP contribution in [0.15, 0.2) is 91.0 Å². The molecule has 2 unspecified atom stereocenters. The van der Waals surface area contributed by atoms with Gasteiger partial charge in [0, 0.05) is 6.42 Å². The Morgan fingerprint density at radius 1 is 0.919 bits per heavy atom. The molecule has 0 aliphatic carbocycles. The number of amides is 2. The zero-order valence-electron chi connectivity index (χ0n) is 20.9. The highest BCUT2D eigenvalue weighted by atomic mass is 16.8. The Morgan fingerprint density at radius 2 is 1.46 bits per heavy atom. The van der Waals surface area contributed by atoms with Gasteiger partial charge in [-0.15, -0.1) is 0 Å². The van der Waals surface area contributed by atoms with Crippen LogP contribution in [0.1, 0.15) is 55.4 Å². The molecule has 3 aromatic rings. The summed E-state index contributed by atoms with van der Waals surface area (Å²) in [5.41, 5.74) is 0.874. The quantitative estimate of drug-likeness (QED) is 0.260. The third-order valence-electron chi connectivity index (χ3n) is 6.37. The standard InChI is InChI=1S/C29H32N2O6/c1-2-3-19-29(30(34)27(32)35-21-23-13-7-4-8-14-23)20-26(25-17-11-6-12-18-25)37-31(29)28(33)36-22-24-15-9-5-10-16-24/h4-18,26,34H,2-3,19-22H2,1H3. The molecule has 0 bridgehead atoms. The summed E-state index contributed by atoms with van der Waals surface area (Å²) in [6.07, 6.45) is -0.544. The van der Waals surface area contributed by atoms with Crippen molar-refractivity contribution >= 4 is 12.2 Å². The second-order valence-electron chi connectivity index (χ2n) is 8.98. The van der Waals surface area contributed by atoms with Crippen molar-refractivity contribution in [3.8, 4) is 0 Å². The van der Waals surface area contributed by atoms with Crippen molar-refractivity contribution in [2.24, 2.45) is 0 Å². The minimum absolute atomic E-state index is 0.0171. The van der Waals surface area contributed by atoms with Crippen LogP contribution in [-0.4, -0.2) is 33.2 Å². The molecule has 1 fully saturated rings. The maximum Gasteiger partial charge on any atom is 0.436 e. The van der Waals surface area contributed by atoms with Gasteiger partial charge in [-0.2, -0.15) is 10.1 Å². The predicted octanol–water partition coefficient (Wildman–Crippen LogP) is 6.62. The topological polar surface area (TPSA) is 88.5 Å². The van der Waals surface area contributed by atoms with E-state index in [-0.39, 0.29) is 26.1 Å². The molecule has 0 saturated carbocycles. The average Bonchev–Trinajstić information content (AvgIpc) is 3.35. The molecular formula is C29H32N2O6. The van der Waals surface area contributed by atoms with Gasteiger partial charge in [0.1, 0.15) is 19.3 Å². The van der Waals surface area contributed by atoms with E-state index in [4.69, 9.17) is 14.3 Å². The molecule has 2 atom stereocenters. The maximum atomic E-state index is 13.4. The molecule has 8 nitrogen and oxygen atoms in total.